The quantitative estimate of drug-likeness (QED) is 0.864. The molecule has 2 atom stereocenters. The molecule has 2 aromatic rings. The number of esters is 1. The summed E-state index contributed by atoms with van der Waals surface area (Å²) in [6.45, 7) is 3.34. The van der Waals surface area contributed by atoms with Crippen LogP contribution >= 0.6 is 0 Å². The lowest BCUT2D eigenvalue weighted by molar-refractivity contribution is 0.0600. The Morgan fingerprint density at radius 1 is 1.19 bits per heavy atom. The highest BCUT2D eigenvalue weighted by molar-refractivity contribution is 5.96. The minimum atomic E-state index is -0.310. The molecule has 1 amide bonds. The van der Waals surface area contributed by atoms with Crippen LogP contribution in [0.4, 0.5) is 0 Å². The first kappa shape index (κ1) is 16.8. The van der Waals surface area contributed by atoms with Gasteiger partial charge in [-0.05, 0) is 35.2 Å². The van der Waals surface area contributed by atoms with Crippen molar-refractivity contribution >= 4 is 11.9 Å². The highest BCUT2D eigenvalue weighted by Gasteiger charge is 2.37. The second-order valence-corrected chi connectivity index (χ2v) is 7.05. The Kier molecular flexibility index (Phi) is 4.47. The Morgan fingerprint density at radius 3 is 2.88 bits per heavy atom. The van der Waals surface area contributed by atoms with Gasteiger partial charge < -0.3 is 10.1 Å². The Morgan fingerprint density at radius 2 is 2.04 bits per heavy atom. The first-order valence-corrected chi connectivity index (χ1v) is 8.92. The maximum Gasteiger partial charge on any atom is 0.337 e. The Labute approximate surface area is 153 Å². The van der Waals surface area contributed by atoms with E-state index >= 15 is 0 Å². The van der Waals surface area contributed by atoms with E-state index in [2.05, 4.69) is 16.3 Å². The molecule has 0 bridgehead atoms. The molecule has 0 aromatic heterocycles. The zero-order chi connectivity index (χ0) is 18.1. The van der Waals surface area contributed by atoms with Gasteiger partial charge in [0.2, 0.25) is 0 Å². The van der Waals surface area contributed by atoms with Crippen molar-refractivity contribution in [2.75, 3.05) is 26.7 Å². The van der Waals surface area contributed by atoms with E-state index in [-0.39, 0.29) is 11.9 Å². The number of likely N-dealkylation sites (tertiary alicyclic amines) is 1. The first-order chi connectivity index (χ1) is 12.7. The van der Waals surface area contributed by atoms with E-state index in [0.29, 0.717) is 23.9 Å². The molecule has 0 unspecified atom stereocenters. The number of rotatable bonds is 3. The third kappa shape index (κ3) is 3.10. The maximum atomic E-state index is 12.3. The Bertz CT molecular complexity index is 849. The molecule has 0 saturated carbocycles. The fraction of sp³-hybridized carbons (Fsp3) is 0.333. The molecule has 1 N–H and O–H groups in total. The van der Waals surface area contributed by atoms with E-state index < -0.39 is 0 Å². The van der Waals surface area contributed by atoms with Gasteiger partial charge in [0, 0.05) is 37.7 Å². The van der Waals surface area contributed by atoms with E-state index in [1.807, 2.05) is 36.4 Å². The number of methoxy groups -OCH3 is 1. The van der Waals surface area contributed by atoms with Gasteiger partial charge in [0.05, 0.1) is 12.7 Å². The number of nitrogens with one attached hydrogen (secondary N) is 1. The number of carbonyl (C=O) groups excluding carboxylic acids is 2. The normalized spacial score (nSPS) is 22.1. The van der Waals surface area contributed by atoms with Gasteiger partial charge in [-0.25, -0.2) is 4.79 Å². The van der Waals surface area contributed by atoms with Crippen LogP contribution in [0, 0.1) is 5.92 Å². The minimum Gasteiger partial charge on any atom is -0.465 e. The molecule has 4 rings (SSSR count). The molecule has 0 radical (unpaired) electrons. The van der Waals surface area contributed by atoms with Crippen LogP contribution in [-0.2, 0) is 11.3 Å². The van der Waals surface area contributed by atoms with Gasteiger partial charge in [-0.2, -0.15) is 0 Å². The molecule has 5 heteroatoms. The largest absolute Gasteiger partial charge is 0.465 e. The van der Waals surface area contributed by atoms with Gasteiger partial charge in [0.1, 0.15) is 0 Å². The van der Waals surface area contributed by atoms with Crippen LogP contribution < -0.4 is 5.32 Å². The molecule has 26 heavy (non-hydrogen) atoms. The molecule has 2 aliphatic heterocycles. The molecule has 1 saturated heterocycles. The SMILES string of the molecule is COC(=O)c1cccc(CN2C[C@H]3CNC(=O)c4ccccc4[C@@H]3C2)c1. The number of benzene rings is 2. The fourth-order valence-corrected chi connectivity index (χ4v) is 4.17. The summed E-state index contributed by atoms with van der Waals surface area (Å²) in [6.07, 6.45) is 0. The van der Waals surface area contributed by atoms with Gasteiger partial charge in [-0.1, -0.05) is 30.3 Å². The lowest BCUT2D eigenvalue weighted by Gasteiger charge is -2.17. The van der Waals surface area contributed by atoms with Crippen LogP contribution in [0.5, 0.6) is 0 Å². The van der Waals surface area contributed by atoms with E-state index in [1.165, 1.54) is 7.11 Å². The van der Waals surface area contributed by atoms with Crippen LogP contribution in [0.25, 0.3) is 0 Å². The molecule has 2 heterocycles. The molecule has 5 nitrogen and oxygen atoms in total. The van der Waals surface area contributed by atoms with Crippen LogP contribution in [0.15, 0.2) is 48.5 Å². The van der Waals surface area contributed by atoms with Crippen molar-refractivity contribution in [2.24, 2.45) is 5.92 Å². The minimum absolute atomic E-state index is 0.0346. The molecule has 2 aliphatic rings. The summed E-state index contributed by atoms with van der Waals surface area (Å²) in [4.78, 5) is 26.4. The lowest BCUT2D eigenvalue weighted by atomic mass is 9.87. The lowest BCUT2D eigenvalue weighted by Crippen LogP contribution is -2.29. The second kappa shape index (κ2) is 6.92. The van der Waals surface area contributed by atoms with Crippen molar-refractivity contribution in [1.82, 2.24) is 10.2 Å². The highest BCUT2D eigenvalue weighted by Crippen LogP contribution is 2.36. The van der Waals surface area contributed by atoms with Crippen LogP contribution in [0.1, 0.15) is 37.8 Å². The average molecular weight is 350 g/mol. The van der Waals surface area contributed by atoms with Crippen LogP contribution in [-0.4, -0.2) is 43.5 Å². The zero-order valence-corrected chi connectivity index (χ0v) is 14.8. The predicted molar refractivity (Wildman–Crippen MR) is 98.1 cm³/mol. The number of amides is 1. The summed E-state index contributed by atoms with van der Waals surface area (Å²) in [7, 11) is 1.40. The summed E-state index contributed by atoms with van der Waals surface area (Å²) >= 11 is 0. The molecule has 1 fully saturated rings. The predicted octanol–water partition coefficient (Wildman–Crippen LogP) is 2.43. The van der Waals surface area contributed by atoms with Crippen LogP contribution in [0.3, 0.4) is 0 Å². The highest BCUT2D eigenvalue weighted by atomic mass is 16.5. The van der Waals surface area contributed by atoms with E-state index in [1.54, 1.807) is 6.07 Å². The third-order valence-corrected chi connectivity index (χ3v) is 5.40. The summed E-state index contributed by atoms with van der Waals surface area (Å²) in [5, 5.41) is 3.06. The van der Waals surface area contributed by atoms with Crippen molar-refractivity contribution < 1.29 is 14.3 Å². The van der Waals surface area contributed by atoms with Crippen molar-refractivity contribution in [2.45, 2.75) is 12.5 Å². The van der Waals surface area contributed by atoms with Crippen molar-refractivity contribution in [1.29, 1.82) is 0 Å². The van der Waals surface area contributed by atoms with E-state index in [9.17, 15) is 9.59 Å². The standard InChI is InChI=1S/C21H22N2O3/c1-26-21(25)15-6-4-5-14(9-15)11-23-12-16-10-22-20(24)18-8-3-2-7-17(18)19(16)13-23/h2-9,16,19H,10-13H2,1H3,(H,22,24)/t16-,19-/m1/s1. The molecule has 134 valence electrons. The number of ether oxygens (including phenoxy) is 1. The zero-order valence-electron chi connectivity index (χ0n) is 14.8. The number of hydrogen-bond acceptors (Lipinski definition) is 4. The summed E-state index contributed by atoms with van der Waals surface area (Å²) < 4.78 is 4.81. The summed E-state index contributed by atoms with van der Waals surface area (Å²) in [5.74, 6) is 0.489. The molecule has 0 aliphatic carbocycles. The molecular formula is C21H22N2O3. The van der Waals surface area contributed by atoms with Crippen molar-refractivity contribution in [3.05, 3.63) is 70.8 Å². The maximum absolute atomic E-state index is 12.3. The van der Waals surface area contributed by atoms with Crippen LogP contribution in [0.2, 0.25) is 0 Å². The number of fused-ring (bicyclic) bond motifs is 3. The van der Waals surface area contributed by atoms with E-state index in [0.717, 1.165) is 36.3 Å². The smallest absolute Gasteiger partial charge is 0.337 e. The van der Waals surface area contributed by atoms with Crippen molar-refractivity contribution in [3.8, 4) is 0 Å². The summed E-state index contributed by atoms with van der Waals surface area (Å²) in [5.41, 5.74) is 3.63. The number of nitrogens with zero attached hydrogens (tertiary/aromatic N) is 1. The number of carbonyl (C=O) groups is 2. The van der Waals surface area contributed by atoms with Gasteiger partial charge in [-0.15, -0.1) is 0 Å². The van der Waals surface area contributed by atoms with Gasteiger partial charge in [0.15, 0.2) is 0 Å². The second-order valence-electron chi connectivity index (χ2n) is 7.05. The van der Waals surface area contributed by atoms with Gasteiger partial charge in [0.25, 0.3) is 5.91 Å². The molecular weight excluding hydrogens is 328 g/mol. The average Bonchev–Trinajstić information content (AvgIpc) is 3.02. The topological polar surface area (TPSA) is 58.6 Å². The molecule has 2 aromatic carbocycles. The Balaban J connectivity index is 1.54. The number of hydrogen-bond donors (Lipinski definition) is 1. The van der Waals surface area contributed by atoms with Gasteiger partial charge >= 0.3 is 5.97 Å². The third-order valence-electron chi connectivity index (χ3n) is 5.40. The van der Waals surface area contributed by atoms with Gasteiger partial charge in [-0.3, -0.25) is 9.69 Å². The fourth-order valence-electron chi connectivity index (χ4n) is 4.17. The molecule has 0 spiro atoms. The van der Waals surface area contributed by atoms with E-state index in [4.69, 9.17) is 4.74 Å². The summed E-state index contributed by atoms with van der Waals surface area (Å²) in [6, 6.07) is 15.5. The van der Waals surface area contributed by atoms with Crippen molar-refractivity contribution in [3.63, 3.8) is 0 Å². The monoisotopic (exact) mass is 350 g/mol. The first-order valence-electron chi connectivity index (χ1n) is 8.92. The Hall–Kier alpha value is -2.66.